The predicted octanol–water partition coefficient (Wildman–Crippen LogP) is 4.07. The zero-order valence-electron chi connectivity index (χ0n) is 17.6. The van der Waals surface area contributed by atoms with E-state index in [1.165, 1.54) is 0 Å². The number of ether oxygens (including phenoxy) is 1. The molecule has 0 fully saturated rings. The van der Waals surface area contributed by atoms with Crippen molar-refractivity contribution < 1.29 is 9.53 Å². The van der Waals surface area contributed by atoms with Crippen molar-refractivity contribution in [3.05, 3.63) is 78.0 Å². The first-order valence-corrected chi connectivity index (χ1v) is 9.79. The van der Waals surface area contributed by atoms with Crippen LogP contribution in [0.2, 0.25) is 0 Å². The van der Waals surface area contributed by atoms with Crippen molar-refractivity contribution in [2.45, 2.75) is 0 Å². The van der Waals surface area contributed by atoms with Crippen molar-refractivity contribution in [2.24, 2.45) is 5.10 Å². The fraction of sp³-hybridized carbons (Fsp3) is 0.125. The number of carbonyl (C=O) groups excluding carboxylic acids is 1. The van der Waals surface area contributed by atoms with E-state index in [0.717, 1.165) is 27.6 Å². The van der Waals surface area contributed by atoms with Crippen molar-refractivity contribution >= 4 is 28.6 Å². The average Bonchev–Trinajstić information content (AvgIpc) is 3.28. The van der Waals surface area contributed by atoms with Gasteiger partial charge < -0.3 is 9.64 Å². The molecule has 3 aromatic carbocycles. The van der Waals surface area contributed by atoms with E-state index in [9.17, 15) is 4.79 Å². The largest absolute Gasteiger partial charge is 0.496 e. The Morgan fingerprint density at radius 3 is 2.61 bits per heavy atom. The molecule has 1 amide bonds. The molecule has 0 aliphatic heterocycles. The van der Waals surface area contributed by atoms with Gasteiger partial charge in [-0.05, 0) is 40.6 Å². The van der Waals surface area contributed by atoms with Crippen LogP contribution in [0.25, 0.3) is 22.0 Å². The van der Waals surface area contributed by atoms with E-state index in [-0.39, 0.29) is 5.91 Å². The zero-order valence-corrected chi connectivity index (χ0v) is 17.6. The summed E-state index contributed by atoms with van der Waals surface area (Å²) in [5.74, 6) is 0.315. The van der Waals surface area contributed by atoms with Gasteiger partial charge in [0.15, 0.2) is 0 Å². The minimum atomic E-state index is -0.376. The number of nitrogens with one attached hydrogen (secondary N) is 2. The number of hydrogen-bond donors (Lipinski definition) is 2. The minimum absolute atomic E-state index is 0.310. The maximum Gasteiger partial charge on any atom is 0.289 e. The summed E-state index contributed by atoms with van der Waals surface area (Å²) in [4.78, 5) is 14.5. The topological polar surface area (TPSA) is 82.6 Å². The number of anilines is 1. The first-order valence-electron chi connectivity index (χ1n) is 9.79. The highest BCUT2D eigenvalue weighted by molar-refractivity contribution is 6.00. The molecule has 0 bridgehead atoms. The van der Waals surface area contributed by atoms with Crippen LogP contribution in [-0.4, -0.2) is 43.5 Å². The van der Waals surface area contributed by atoms with Crippen molar-refractivity contribution in [3.63, 3.8) is 0 Å². The number of hydrogen-bond acceptors (Lipinski definition) is 5. The predicted molar refractivity (Wildman–Crippen MR) is 124 cm³/mol. The van der Waals surface area contributed by atoms with E-state index in [0.29, 0.717) is 17.1 Å². The summed E-state index contributed by atoms with van der Waals surface area (Å²) >= 11 is 0. The number of rotatable bonds is 6. The number of aromatic nitrogens is 2. The molecule has 0 saturated heterocycles. The number of benzene rings is 3. The summed E-state index contributed by atoms with van der Waals surface area (Å²) < 4.78 is 5.53. The van der Waals surface area contributed by atoms with Crippen molar-refractivity contribution in [1.82, 2.24) is 15.6 Å². The molecule has 7 nitrogen and oxygen atoms in total. The van der Waals surface area contributed by atoms with Crippen LogP contribution in [0.3, 0.4) is 0 Å². The molecule has 0 radical (unpaired) electrons. The fourth-order valence-corrected chi connectivity index (χ4v) is 3.34. The SMILES string of the molecule is COc1ccc2ccccc2c1-c1cc(C(=O)NN=Cc2ccc(N(C)C)cc2)[nH]n1. The summed E-state index contributed by atoms with van der Waals surface area (Å²) in [5.41, 5.74) is 6.28. The Morgan fingerprint density at radius 2 is 1.87 bits per heavy atom. The van der Waals surface area contributed by atoms with Gasteiger partial charge in [-0.1, -0.05) is 42.5 Å². The number of fused-ring (bicyclic) bond motifs is 1. The van der Waals surface area contributed by atoms with E-state index in [4.69, 9.17) is 4.74 Å². The van der Waals surface area contributed by atoms with Gasteiger partial charge in [0.1, 0.15) is 11.4 Å². The molecule has 31 heavy (non-hydrogen) atoms. The van der Waals surface area contributed by atoms with Gasteiger partial charge in [-0.25, -0.2) is 5.43 Å². The van der Waals surface area contributed by atoms with Gasteiger partial charge in [0.25, 0.3) is 5.91 Å². The molecule has 2 N–H and O–H groups in total. The molecule has 0 spiro atoms. The maximum absolute atomic E-state index is 12.5. The maximum atomic E-state index is 12.5. The minimum Gasteiger partial charge on any atom is -0.496 e. The zero-order chi connectivity index (χ0) is 21.8. The average molecular weight is 413 g/mol. The molecule has 1 aromatic heterocycles. The van der Waals surface area contributed by atoms with Crippen LogP contribution in [0.4, 0.5) is 5.69 Å². The third kappa shape index (κ3) is 4.25. The smallest absolute Gasteiger partial charge is 0.289 e. The van der Waals surface area contributed by atoms with Crippen LogP contribution in [-0.2, 0) is 0 Å². The molecular weight excluding hydrogens is 390 g/mol. The lowest BCUT2D eigenvalue weighted by molar-refractivity contribution is 0.0950. The standard InChI is InChI=1S/C24H23N5O2/c1-29(2)18-11-8-16(9-12-18)15-25-28-24(30)21-14-20(26-27-21)23-19-7-5-4-6-17(19)10-13-22(23)31-3/h4-15H,1-3H3,(H,26,27)(H,28,30). The van der Waals surface area contributed by atoms with Gasteiger partial charge in [-0.3, -0.25) is 9.89 Å². The number of amides is 1. The molecule has 1 heterocycles. The highest BCUT2D eigenvalue weighted by Gasteiger charge is 2.16. The van der Waals surface area contributed by atoms with Crippen LogP contribution >= 0.6 is 0 Å². The molecule has 0 unspecified atom stereocenters. The molecule has 156 valence electrons. The van der Waals surface area contributed by atoms with Crippen LogP contribution in [0.5, 0.6) is 5.75 Å². The Labute approximate surface area is 180 Å². The summed E-state index contributed by atoms with van der Waals surface area (Å²) in [6, 6.07) is 21.4. The number of nitrogens with zero attached hydrogens (tertiary/aromatic N) is 3. The lowest BCUT2D eigenvalue weighted by atomic mass is 10.0. The molecular formula is C24H23N5O2. The monoisotopic (exact) mass is 413 g/mol. The molecule has 4 rings (SSSR count). The van der Waals surface area contributed by atoms with E-state index < -0.39 is 0 Å². The Morgan fingerprint density at radius 1 is 1.10 bits per heavy atom. The summed E-state index contributed by atoms with van der Waals surface area (Å²) in [7, 11) is 5.58. The van der Waals surface area contributed by atoms with Gasteiger partial charge in [0, 0.05) is 19.8 Å². The van der Waals surface area contributed by atoms with Crippen molar-refractivity contribution in [3.8, 4) is 17.0 Å². The van der Waals surface area contributed by atoms with Gasteiger partial charge in [-0.15, -0.1) is 0 Å². The second-order valence-electron chi connectivity index (χ2n) is 7.22. The van der Waals surface area contributed by atoms with E-state index in [1.807, 2.05) is 79.7 Å². The second kappa shape index (κ2) is 8.71. The third-order valence-electron chi connectivity index (χ3n) is 4.98. The van der Waals surface area contributed by atoms with Crippen molar-refractivity contribution in [1.29, 1.82) is 0 Å². The van der Waals surface area contributed by atoms with Crippen LogP contribution < -0.4 is 15.1 Å². The number of methoxy groups -OCH3 is 1. The quantitative estimate of drug-likeness (QED) is 0.369. The molecule has 0 aliphatic rings. The van der Waals surface area contributed by atoms with Crippen LogP contribution in [0.1, 0.15) is 16.1 Å². The van der Waals surface area contributed by atoms with E-state index in [1.54, 1.807) is 19.4 Å². The Bertz CT molecular complexity index is 1240. The molecule has 7 heteroatoms. The summed E-state index contributed by atoms with van der Waals surface area (Å²) in [6.45, 7) is 0. The number of aromatic amines is 1. The van der Waals surface area contributed by atoms with Crippen LogP contribution in [0.15, 0.2) is 71.8 Å². The first kappa shape index (κ1) is 20.2. The molecule has 0 aliphatic carbocycles. The van der Waals surface area contributed by atoms with Gasteiger partial charge in [-0.2, -0.15) is 10.2 Å². The van der Waals surface area contributed by atoms with Crippen molar-refractivity contribution in [2.75, 3.05) is 26.1 Å². The van der Waals surface area contributed by atoms with Gasteiger partial charge >= 0.3 is 0 Å². The molecule has 4 aromatic rings. The van der Waals surface area contributed by atoms with Gasteiger partial charge in [0.05, 0.1) is 24.6 Å². The van der Waals surface area contributed by atoms with E-state index >= 15 is 0 Å². The highest BCUT2D eigenvalue weighted by atomic mass is 16.5. The molecule has 0 atom stereocenters. The number of H-pyrrole nitrogens is 1. The summed E-state index contributed by atoms with van der Waals surface area (Å²) in [6.07, 6.45) is 1.60. The highest BCUT2D eigenvalue weighted by Crippen LogP contribution is 2.36. The first-order chi connectivity index (χ1) is 15.1. The van der Waals surface area contributed by atoms with E-state index in [2.05, 4.69) is 20.7 Å². The van der Waals surface area contributed by atoms with Gasteiger partial charge in [0.2, 0.25) is 0 Å². The number of hydrazone groups is 1. The molecule has 0 saturated carbocycles. The fourth-order valence-electron chi connectivity index (χ4n) is 3.34. The Hall–Kier alpha value is -4.13. The lowest BCUT2D eigenvalue weighted by Crippen LogP contribution is -2.18. The Kier molecular flexibility index (Phi) is 5.66. The third-order valence-corrected chi connectivity index (χ3v) is 4.98. The number of carbonyl (C=O) groups is 1. The Balaban J connectivity index is 1.53. The lowest BCUT2D eigenvalue weighted by Gasteiger charge is -2.11. The second-order valence-corrected chi connectivity index (χ2v) is 7.22. The summed E-state index contributed by atoms with van der Waals surface area (Å²) in [5, 5.41) is 13.2. The normalized spacial score (nSPS) is 11.1. The van der Waals surface area contributed by atoms with Crippen LogP contribution in [0, 0.1) is 0 Å².